The van der Waals surface area contributed by atoms with Crippen LogP contribution >= 0.6 is 0 Å². The molecule has 9 heteroatoms. The Balaban J connectivity index is 2.66. The lowest BCUT2D eigenvalue weighted by atomic mass is 9.93. The van der Waals surface area contributed by atoms with Crippen LogP contribution in [0, 0.1) is 0 Å². The molecule has 19 heavy (non-hydrogen) atoms. The van der Waals surface area contributed by atoms with Crippen LogP contribution in [-0.4, -0.2) is 43.3 Å². The van der Waals surface area contributed by atoms with Crippen LogP contribution in [0.1, 0.15) is 45.5 Å². The predicted molar refractivity (Wildman–Crippen MR) is 65.2 cm³/mol. The molecule has 106 valence electrons. The van der Waals surface area contributed by atoms with Crippen molar-refractivity contribution in [3.8, 4) is 0 Å². The van der Waals surface area contributed by atoms with Crippen LogP contribution in [0.3, 0.4) is 0 Å². The largest absolute Gasteiger partial charge is 0.480 e. The number of urea groups is 1. The smallest absolute Gasteiger partial charge is 0.329 e. The lowest BCUT2D eigenvalue weighted by molar-refractivity contribution is -0.144. The van der Waals surface area contributed by atoms with Gasteiger partial charge < -0.3 is 15.7 Å². The van der Waals surface area contributed by atoms with Crippen LogP contribution in [0.4, 0.5) is 4.79 Å². The summed E-state index contributed by atoms with van der Waals surface area (Å²) < 4.78 is 0. The fraction of sp³-hybridized carbons (Fsp3) is 0.700. The van der Waals surface area contributed by atoms with Crippen molar-refractivity contribution >= 4 is 12.0 Å². The zero-order chi connectivity index (χ0) is 14.5. The highest BCUT2D eigenvalue weighted by molar-refractivity contribution is 5.86. The molecule has 0 bridgehead atoms. The molecule has 2 amide bonds. The van der Waals surface area contributed by atoms with E-state index in [2.05, 4.69) is 31.3 Å². The summed E-state index contributed by atoms with van der Waals surface area (Å²) in [5.41, 5.74) is -1.26. The van der Waals surface area contributed by atoms with Crippen LogP contribution in [0.25, 0.3) is 0 Å². The Hall–Kier alpha value is -2.19. The maximum absolute atomic E-state index is 11.8. The SMILES string of the molecule is CCC(CC)(NC(=O)NC(C)c1nn[nH]n1)C(=O)O. The molecule has 0 fully saturated rings. The van der Waals surface area contributed by atoms with E-state index in [0.717, 1.165) is 0 Å². The molecule has 0 saturated heterocycles. The Morgan fingerprint density at radius 3 is 2.47 bits per heavy atom. The van der Waals surface area contributed by atoms with Gasteiger partial charge in [-0.25, -0.2) is 9.59 Å². The molecule has 1 heterocycles. The number of amides is 2. The normalized spacial score (nSPS) is 12.8. The van der Waals surface area contributed by atoms with Gasteiger partial charge in [-0.15, -0.1) is 10.2 Å². The third kappa shape index (κ3) is 3.39. The summed E-state index contributed by atoms with van der Waals surface area (Å²) in [6.07, 6.45) is 0.589. The van der Waals surface area contributed by atoms with Crippen molar-refractivity contribution in [1.82, 2.24) is 31.3 Å². The Morgan fingerprint density at radius 1 is 1.42 bits per heavy atom. The first-order chi connectivity index (χ1) is 8.95. The first-order valence-electron chi connectivity index (χ1n) is 6.00. The summed E-state index contributed by atoms with van der Waals surface area (Å²) in [4.78, 5) is 23.1. The van der Waals surface area contributed by atoms with Gasteiger partial charge in [-0.05, 0) is 19.8 Å². The van der Waals surface area contributed by atoms with Crippen molar-refractivity contribution in [2.24, 2.45) is 0 Å². The van der Waals surface area contributed by atoms with Crippen LogP contribution < -0.4 is 10.6 Å². The third-order valence-corrected chi connectivity index (χ3v) is 3.07. The summed E-state index contributed by atoms with van der Waals surface area (Å²) in [7, 11) is 0. The van der Waals surface area contributed by atoms with Gasteiger partial charge in [0.2, 0.25) is 0 Å². The molecule has 0 aliphatic heterocycles. The fourth-order valence-electron chi connectivity index (χ4n) is 1.65. The van der Waals surface area contributed by atoms with Crippen molar-refractivity contribution in [2.45, 2.75) is 45.2 Å². The quantitative estimate of drug-likeness (QED) is 0.583. The molecule has 1 rings (SSSR count). The molecule has 1 aromatic rings. The van der Waals surface area contributed by atoms with Crippen molar-refractivity contribution in [2.75, 3.05) is 0 Å². The van der Waals surface area contributed by atoms with E-state index in [9.17, 15) is 14.7 Å². The second-order valence-electron chi connectivity index (χ2n) is 4.18. The number of rotatable bonds is 6. The number of hydrogen-bond donors (Lipinski definition) is 4. The number of carboxylic acid groups (broad SMARTS) is 1. The summed E-state index contributed by atoms with van der Waals surface area (Å²) in [5.74, 6) is -0.732. The van der Waals surface area contributed by atoms with Crippen LogP contribution in [-0.2, 0) is 4.79 Å². The molecular formula is C10H18N6O3. The molecule has 0 spiro atoms. The number of hydrogen-bond acceptors (Lipinski definition) is 5. The van der Waals surface area contributed by atoms with E-state index in [4.69, 9.17) is 0 Å². The minimum absolute atomic E-state index is 0.294. The Bertz CT molecular complexity index is 428. The second-order valence-corrected chi connectivity index (χ2v) is 4.18. The standard InChI is InChI=1S/C10H18N6O3/c1-4-10(5-2,8(17)18)12-9(19)11-6(3)7-13-15-16-14-7/h6H,4-5H2,1-3H3,(H,17,18)(H2,11,12,19)(H,13,14,15,16). The minimum atomic E-state index is -1.26. The van der Waals surface area contributed by atoms with Crippen molar-refractivity contribution in [3.63, 3.8) is 0 Å². The first kappa shape index (κ1) is 14.9. The number of nitrogens with one attached hydrogen (secondary N) is 3. The fourth-order valence-corrected chi connectivity index (χ4v) is 1.65. The molecule has 0 saturated carbocycles. The molecule has 1 unspecified atom stereocenters. The van der Waals surface area contributed by atoms with E-state index >= 15 is 0 Å². The lowest BCUT2D eigenvalue weighted by Crippen LogP contribution is -2.56. The van der Waals surface area contributed by atoms with Gasteiger partial charge in [0.15, 0.2) is 5.82 Å². The van der Waals surface area contributed by atoms with Gasteiger partial charge in [-0.1, -0.05) is 19.1 Å². The molecule has 0 aliphatic carbocycles. The van der Waals surface area contributed by atoms with Gasteiger partial charge in [0.1, 0.15) is 5.54 Å². The van der Waals surface area contributed by atoms with E-state index in [-0.39, 0.29) is 0 Å². The molecule has 9 nitrogen and oxygen atoms in total. The Morgan fingerprint density at radius 2 is 2.05 bits per heavy atom. The number of H-pyrrole nitrogens is 1. The van der Waals surface area contributed by atoms with Gasteiger partial charge in [-0.3, -0.25) is 0 Å². The number of carboxylic acids is 1. The summed E-state index contributed by atoms with van der Waals surface area (Å²) >= 11 is 0. The molecule has 0 radical (unpaired) electrons. The highest BCUT2D eigenvalue weighted by Crippen LogP contribution is 2.15. The van der Waals surface area contributed by atoms with Gasteiger partial charge in [0.05, 0.1) is 6.04 Å². The minimum Gasteiger partial charge on any atom is -0.480 e. The Kier molecular flexibility index (Phi) is 4.79. The van der Waals surface area contributed by atoms with Gasteiger partial charge in [0.25, 0.3) is 0 Å². The van der Waals surface area contributed by atoms with E-state index in [1.54, 1.807) is 20.8 Å². The molecule has 0 aromatic carbocycles. The molecule has 0 aliphatic rings. The summed E-state index contributed by atoms with van der Waals surface area (Å²) in [6, 6.07) is -1.05. The molecular weight excluding hydrogens is 252 g/mol. The average molecular weight is 270 g/mol. The highest BCUT2D eigenvalue weighted by atomic mass is 16.4. The van der Waals surface area contributed by atoms with Gasteiger partial charge in [-0.2, -0.15) is 5.21 Å². The Labute approximate surface area is 110 Å². The maximum atomic E-state index is 11.8. The van der Waals surface area contributed by atoms with E-state index < -0.39 is 23.6 Å². The number of aliphatic carboxylic acids is 1. The number of carbonyl (C=O) groups excluding carboxylic acids is 1. The molecule has 4 N–H and O–H groups in total. The number of tetrazole rings is 1. The average Bonchev–Trinajstić information content (AvgIpc) is 2.89. The summed E-state index contributed by atoms with van der Waals surface area (Å²) in [5, 5.41) is 27.4. The van der Waals surface area contributed by atoms with Gasteiger partial charge in [0, 0.05) is 0 Å². The van der Waals surface area contributed by atoms with Crippen molar-refractivity contribution in [3.05, 3.63) is 5.82 Å². The molecule has 1 atom stereocenters. The zero-order valence-corrected chi connectivity index (χ0v) is 11.1. The number of nitrogens with zero attached hydrogens (tertiary/aromatic N) is 3. The molecule has 1 aromatic heterocycles. The second kappa shape index (κ2) is 6.12. The number of carbonyl (C=O) groups is 2. The third-order valence-electron chi connectivity index (χ3n) is 3.07. The zero-order valence-electron chi connectivity index (χ0n) is 11.1. The number of aromatic nitrogens is 4. The van der Waals surface area contributed by atoms with Crippen molar-refractivity contribution < 1.29 is 14.7 Å². The van der Waals surface area contributed by atoms with Crippen LogP contribution in [0.2, 0.25) is 0 Å². The number of aromatic amines is 1. The topological polar surface area (TPSA) is 133 Å². The van der Waals surface area contributed by atoms with E-state index in [0.29, 0.717) is 18.7 Å². The van der Waals surface area contributed by atoms with Crippen LogP contribution in [0.5, 0.6) is 0 Å². The maximum Gasteiger partial charge on any atom is 0.329 e. The van der Waals surface area contributed by atoms with E-state index in [1.165, 1.54) is 0 Å². The van der Waals surface area contributed by atoms with Crippen molar-refractivity contribution in [1.29, 1.82) is 0 Å². The van der Waals surface area contributed by atoms with Crippen LogP contribution in [0.15, 0.2) is 0 Å². The predicted octanol–water partition coefficient (Wildman–Crippen LogP) is 0.203. The van der Waals surface area contributed by atoms with E-state index in [1.807, 2.05) is 0 Å². The monoisotopic (exact) mass is 270 g/mol. The lowest BCUT2D eigenvalue weighted by Gasteiger charge is -2.28. The van der Waals surface area contributed by atoms with Gasteiger partial charge >= 0.3 is 12.0 Å². The highest BCUT2D eigenvalue weighted by Gasteiger charge is 2.36. The first-order valence-corrected chi connectivity index (χ1v) is 6.00. The summed E-state index contributed by atoms with van der Waals surface area (Å²) in [6.45, 7) is 5.09.